The van der Waals surface area contributed by atoms with Gasteiger partial charge in [0.1, 0.15) is 5.03 Å². The Hall–Kier alpha value is -2.61. The molecule has 1 aliphatic heterocycles. The number of hydrogen-bond donors (Lipinski definition) is 2. The normalized spacial score (nSPS) is 18.5. The molecule has 0 bridgehead atoms. The van der Waals surface area contributed by atoms with Crippen molar-refractivity contribution in [1.82, 2.24) is 20.8 Å². The van der Waals surface area contributed by atoms with Crippen molar-refractivity contribution in [3.05, 3.63) is 47.5 Å². The van der Waals surface area contributed by atoms with Gasteiger partial charge in [0.05, 0.1) is 11.7 Å². The van der Waals surface area contributed by atoms with Crippen molar-refractivity contribution in [2.24, 2.45) is 5.92 Å². The molecule has 164 valence electrons. The van der Waals surface area contributed by atoms with Crippen LogP contribution < -0.4 is 15.5 Å². The first-order chi connectivity index (χ1) is 15.1. The molecule has 0 unspecified atom stereocenters. The topological polar surface area (TPSA) is 87.2 Å². The van der Waals surface area contributed by atoms with Gasteiger partial charge in [-0.1, -0.05) is 41.6 Å². The smallest absolute Gasteiger partial charge is 0.230 e. The zero-order valence-corrected chi connectivity index (χ0v) is 18.7. The SMILES string of the molecule is Cc1ccc(CNC(=O)CSc2ccc(N3CCC[C@@H](C(=O)NC4CC4)C3)nn2)cc1. The highest BCUT2D eigenvalue weighted by Crippen LogP contribution is 2.25. The Balaban J connectivity index is 1.22. The molecule has 1 atom stereocenters. The maximum absolute atomic E-state index is 12.4. The summed E-state index contributed by atoms with van der Waals surface area (Å²) in [6.07, 6.45) is 4.11. The van der Waals surface area contributed by atoms with E-state index in [1.54, 1.807) is 0 Å². The molecule has 1 aliphatic carbocycles. The van der Waals surface area contributed by atoms with Crippen molar-refractivity contribution in [2.75, 3.05) is 23.7 Å². The second-order valence-electron chi connectivity index (χ2n) is 8.35. The highest BCUT2D eigenvalue weighted by Gasteiger charge is 2.30. The summed E-state index contributed by atoms with van der Waals surface area (Å²) >= 11 is 1.37. The Labute approximate surface area is 187 Å². The van der Waals surface area contributed by atoms with Gasteiger partial charge in [0.25, 0.3) is 0 Å². The van der Waals surface area contributed by atoms with Crippen LogP contribution in [0.3, 0.4) is 0 Å². The molecular weight excluding hydrogens is 410 g/mol. The molecule has 1 aromatic carbocycles. The first-order valence-corrected chi connectivity index (χ1v) is 11.9. The molecule has 7 nitrogen and oxygen atoms in total. The molecule has 0 radical (unpaired) electrons. The summed E-state index contributed by atoms with van der Waals surface area (Å²) in [5.74, 6) is 1.24. The second kappa shape index (κ2) is 10.1. The molecule has 1 aromatic heterocycles. The average Bonchev–Trinajstić information content (AvgIpc) is 3.62. The van der Waals surface area contributed by atoms with E-state index < -0.39 is 0 Å². The van der Waals surface area contributed by atoms with Crippen LogP contribution in [0.25, 0.3) is 0 Å². The van der Waals surface area contributed by atoms with Crippen molar-refractivity contribution in [1.29, 1.82) is 0 Å². The van der Waals surface area contributed by atoms with Gasteiger partial charge in [-0.05, 0) is 50.3 Å². The number of amides is 2. The minimum absolute atomic E-state index is 0.0161. The number of aromatic nitrogens is 2. The molecule has 2 aliphatic rings. The van der Waals surface area contributed by atoms with Crippen molar-refractivity contribution < 1.29 is 9.59 Å². The monoisotopic (exact) mass is 439 g/mol. The van der Waals surface area contributed by atoms with Gasteiger partial charge in [0.2, 0.25) is 11.8 Å². The lowest BCUT2D eigenvalue weighted by Crippen LogP contribution is -2.44. The Morgan fingerprint density at radius 2 is 1.90 bits per heavy atom. The Morgan fingerprint density at radius 1 is 1.10 bits per heavy atom. The van der Waals surface area contributed by atoms with Crippen LogP contribution in [0, 0.1) is 12.8 Å². The van der Waals surface area contributed by atoms with Gasteiger partial charge in [-0.2, -0.15) is 0 Å². The van der Waals surface area contributed by atoms with Crippen LogP contribution in [0.15, 0.2) is 41.4 Å². The van der Waals surface area contributed by atoms with E-state index in [0.29, 0.717) is 29.9 Å². The van der Waals surface area contributed by atoms with Gasteiger partial charge in [-0.3, -0.25) is 9.59 Å². The molecule has 1 saturated carbocycles. The fourth-order valence-electron chi connectivity index (χ4n) is 3.60. The number of carbonyl (C=O) groups excluding carboxylic acids is 2. The maximum Gasteiger partial charge on any atom is 0.230 e. The first-order valence-electron chi connectivity index (χ1n) is 10.9. The molecule has 1 saturated heterocycles. The minimum Gasteiger partial charge on any atom is -0.354 e. The number of thioether (sulfide) groups is 1. The van der Waals surface area contributed by atoms with Crippen LogP contribution >= 0.6 is 11.8 Å². The Bertz CT molecular complexity index is 899. The second-order valence-corrected chi connectivity index (χ2v) is 9.34. The van der Waals surface area contributed by atoms with E-state index in [2.05, 4.69) is 25.7 Å². The van der Waals surface area contributed by atoms with E-state index in [-0.39, 0.29) is 17.7 Å². The molecule has 2 amide bonds. The third kappa shape index (κ3) is 6.43. The quantitative estimate of drug-likeness (QED) is 0.615. The number of nitrogens with zero attached hydrogens (tertiary/aromatic N) is 3. The minimum atomic E-state index is -0.0306. The fourth-order valence-corrected chi connectivity index (χ4v) is 4.25. The highest BCUT2D eigenvalue weighted by atomic mass is 32.2. The number of anilines is 1. The molecule has 2 heterocycles. The van der Waals surface area contributed by atoms with E-state index in [0.717, 1.165) is 43.6 Å². The Kier molecular flexibility index (Phi) is 7.06. The number of carbonyl (C=O) groups is 2. The number of aryl methyl sites for hydroxylation is 1. The number of nitrogens with one attached hydrogen (secondary N) is 2. The third-order valence-corrected chi connectivity index (χ3v) is 6.55. The van der Waals surface area contributed by atoms with E-state index >= 15 is 0 Å². The van der Waals surface area contributed by atoms with Crippen LogP contribution in [0.5, 0.6) is 0 Å². The summed E-state index contributed by atoms with van der Waals surface area (Å²) in [5.41, 5.74) is 2.29. The molecule has 0 spiro atoms. The fraction of sp³-hybridized carbons (Fsp3) is 0.478. The molecular formula is C23H29N5O2S. The van der Waals surface area contributed by atoms with Gasteiger partial charge < -0.3 is 15.5 Å². The summed E-state index contributed by atoms with van der Waals surface area (Å²) in [7, 11) is 0. The summed E-state index contributed by atoms with van der Waals surface area (Å²) in [6, 6.07) is 12.3. The van der Waals surface area contributed by atoms with Gasteiger partial charge in [-0.25, -0.2) is 0 Å². The summed E-state index contributed by atoms with van der Waals surface area (Å²) in [5, 5.41) is 15.4. The number of piperidine rings is 1. The predicted octanol–water partition coefficient (Wildman–Crippen LogP) is 2.69. The summed E-state index contributed by atoms with van der Waals surface area (Å²) in [4.78, 5) is 26.6. The van der Waals surface area contributed by atoms with Gasteiger partial charge >= 0.3 is 0 Å². The number of benzene rings is 1. The van der Waals surface area contributed by atoms with Crippen molar-refractivity contribution in [2.45, 2.75) is 50.2 Å². The molecule has 2 fully saturated rings. The Morgan fingerprint density at radius 3 is 2.61 bits per heavy atom. The predicted molar refractivity (Wildman–Crippen MR) is 122 cm³/mol. The summed E-state index contributed by atoms with van der Waals surface area (Å²) < 4.78 is 0. The molecule has 4 rings (SSSR count). The number of hydrogen-bond acceptors (Lipinski definition) is 6. The first kappa shape index (κ1) is 21.6. The van der Waals surface area contributed by atoms with Crippen molar-refractivity contribution in [3.8, 4) is 0 Å². The van der Waals surface area contributed by atoms with Gasteiger partial charge in [-0.15, -0.1) is 10.2 Å². The molecule has 8 heteroatoms. The van der Waals surface area contributed by atoms with Crippen molar-refractivity contribution >= 4 is 29.4 Å². The zero-order valence-electron chi connectivity index (χ0n) is 17.8. The van der Waals surface area contributed by atoms with Crippen LogP contribution in [0.2, 0.25) is 0 Å². The van der Waals surface area contributed by atoms with E-state index in [1.807, 2.05) is 43.3 Å². The zero-order chi connectivity index (χ0) is 21.6. The molecule has 2 aromatic rings. The van der Waals surface area contributed by atoms with Crippen LogP contribution in [0.4, 0.5) is 5.82 Å². The lowest BCUT2D eigenvalue weighted by molar-refractivity contribution is -0.125. The summed E-state index contributed by atoms with van der Waals surface area (Å²) in [6.45, 7) is 4.13. The van der Waals surface area contributed by atoms with Crippen LogP contribution in [-0.2, 0) is 16.1 Å². The standard InChI is InChI=1S/C23H29N5O2S/c1-16-4-6-17(7-5-16)13-24-21(29)15-31-22-11-10-20(26-27-22)28-12-2-3-18(14-28)23(30)25-19-8-9-19/h4-7,10-11,18-19H,2-3,8-9,12-15H2,1H3,(H,24,29)(H,25,30)/t18-/m1/s1. The van der Waals surface area contributed by atoms with Crippen LogP contribution in [0.1, 0.15) is 36.8 Å². The maximum atomic E-state index is 12.4. The van der Waals surface area contributed by atoms with Crippen molar-refractivity contribution in [3.63, 3.8) is 0 Å². The lowest BCUT2D eigenvalue weighted by Gasteiger charge is -2.32. The average molecular weight is 440 g/mol. The van der Waals surface area contributed by atoms with E-state index in [9.17, 15) is 9.59 Å². The van der Waals surface area contributed by atoms with Crippen LogP contribution in [-0.4, -0.2) is 46.9 Å². The van der Waals surface area contributed by atoms with E-state index in [4.69, 9.17) is 0 Å². The largest absolute Gasteiger partial charge is 0.354 e. The van der Waals surface area contributed by atoms with Gasteiger partial charge in [0.15, 0.2) is 5.82 Å². The number of rotatable bonds is 8. The molecule has 2 N–H and O–H groups in total. The van der Waals surface area contributed by atoms with E-state index in [1.165, 1.54) is 17.3 Å². The molecule has 31 heavy (non-hydrogen) atoms. The highest BCUT2D eigenvalue weighted by molar-refractivity contribution is 7.99. The lowest BCUT2D eigenvalue weighted by atomic mass is 9.97. The third-order valence-electron chi connectivity index (χ3n) is 5.63. The van der Waals surface area contributed by atoms with Gasteiger partial charge in [0, 0.05) is 25.7 Å².